The Kier molecular flexibility index (Phi) is 2.44. The van der Waals surface area contributed by atoms with Crippen molar-refractivity contribution in [2.24, 2.45) is 0 Å². The zero-order valence-electron chi connectivity index (χ0n) is 5.57. The molecule has 1 heterocycles. The number of aryl methyl sites for hydroxylation is 1. The molecule has 1 aromatic rings. The summed E-state index contributed by atoms with van der Waals surface area (Å²) in [5.74, 6) is 0.176. The maximum absolute atomic E-state index is 10.5. The molecule has 0 saturated carbocycles. The number of hydrogen-bond acceptors (Lipinski definition) is 5. The normalized spacial score (nSPS) is 9.70. The second-order valence-corrected chi connectivity index (χ2v) is 2.78. The van der Waals surface area contributed by atoms with Crippen molar-refractivity contribution in [2.75, 3.05) is 0 Å². The molecule has 0 aliphatic heterocycles. The van der Waals surface area contributed by atoms with Gasteiger partial charge in [-0.25, -0.2) is 0 Å². The first kappa shape index (κ1) is 7.27. The number of hydrogen-bond donors (Lipinski definition) is 0. The van der Waals surface area contributed by atoms with E-state index in [0.29, 0.717) is 12.8 Å². The third-order valence-electron chi connectivity index (χ3n) is 1.03. The number of carbonyl (C=O) groups is 1. The van der Waals surface area contributed by atoms with Gasteiger partial charge in [0.15, 0.2) is 0 Å². The molecule has 0 amide bonds. The third-order valence-corrected chi connectivity index (χ3v) is 1.68. The first-order valence-electron chi connectivity index (χ1n) is 2.92. The molecule has 54 valence electrons. The van der Waals surface area contributed by atoms with Crippen molar-refractivity contribution in [1.29, 1.82) is 0 Å². The fourth-order valence-electron chi connectivity index (χ4n) is 0.530. The van der Waals surface area contributed by atoms with Gasteiger partial charge in [0.1, 0.15) is 10.8 Å². The molecule has 0 spiro atoms. The van der Waals surface area contributed by atoms with Gasteiger partial charge >= 0.3 is 0 Å². The first-order chi connectivity index (χ1) is 4.79. The van der Waals surface area contributed by atoms with E-state index >= 15 is 0 Å². The van der Waals surface area contributed by atoms with Crippen LogP contribution in [0, 0.1) is 0 Å². The lowest BCUT2D eigenvalue weighted by Crippen LogP contribution is -1.93. The van der Waals surface area contributed by atoms with Crippen molar-refractivity contribution in [3.8, 4) is 0 Å². The van der Waals surface area contributed by atoms with Crippen LogP contribution in [0.2, 0.25) is 0 Å². The zero-order chi connectivity index (χ0) is 7.40. The number of rotatable bonds is 3. The van der Waals surface area contributed by atoms with Gasteiger partial charge in [-0.05, 0) is 12.1 Å². The molecule has 1 rings (SSSR count). The quantitative estimate of drug-likeness (QED) is 0.639. The van der Waals surface area contributed by atoms with Crippen LogP contribution in [-0.4, -0.2) is 20.6 Å². The maximum Gasteiger partial charge on any atom is 0.138 e. The van der Waals surface area contributed by atoms with E-state index in [4.69, 9.17) is 0 Å². The summed E-state index contributed by atoms with van der Waals surface area (Å²) in [6.45, 7) is 1.56. The van der Waals surface area contributed by atoms with E-state index in [1.54, 1.807) is 6.92 Å². The molecule has 5 heteroatoms. The topological polar surface area (TPSA) is 55.7 Å². The van der Waals surface area contributed by atoms with Crippen molar-refractivity contribution >= 4 is 17.3 Å². The molecular weight excluding hydrogens is 150 g/mol. The Balaban J connectivity index is 2.35. The van der Waals surface area contributed by atoms with E-state index in [2.05, 4.69) is 14.8 Å². The minimum Gasteiger partial charge on any atom is -0.300 e. The first-order valence-corrected chi connectivity index (χ1v) is 3.69. The summed E-state index contributed by atoms with van der Waals surface area (Å²) < 4.78 is 3.57. The Morgan fingerprint density at radius 1 is 1.70 bits per heavy atom. The average molecular weight is 157 g/mol. The van der Waals surface area contributed by atoms with Gasteiger partial charge in [-0.15, -0.1) is 5.10 Å². The molecule has 0 bridgehead atoms. The van der Waals surface area contributed by atoms with Crippen molar-refractivity contribution in [3.63, 3.8) is 0 Å². The van der Waals surface area contributed by atoms with Crippen LogP contribution in [0.4, 0.5) is 0 Å². The van der Waals surface area contributed by atoms with Crippen LogP contribution >= 0.6 is 11.5 Å². The predicted octanol–water partition coefficient (Wildman–Crippen LogP) is 0.455. The van der Waals surface area contributed by atoms with Crippen molar-refractivity contribution in [3.05, 3.63) is 5.01 Å². The van der Waals surface area contributed by atoms with Crippen LogP contribution in [0.3, 0.4) is 0 Å². The van der Waals surface area contributed by atoms with Gasteiger partial charge in [0.05, 0.1) is 0 Å². The van der Waals surface area contributed by atoms with Gasteiger partial charge in [0, 0.05) is 24.4 Å². The molecule has 1 aromatic heterocycles. The minimum absolute atomic E-state index is 0.176. The van der Waals surface area contributed by atoms with Gasteiger partial charge < -0.3 is 4.79 Å². The summed E-state index contributed by atoms with van der Waals surface area (Å²) in [5.41, 5.74) is 0. The Labute approximate surface area is 62.4 Å². The molecule has 0 fully saturated rings. The smallest absolute Gasteiger partial charge is 0.138 e. The highest BCUT2D eigenvalue weighted by molar-refractivity contribution is 7.05. The minimum atomic E-state index is 0.176. The van der Waals surface area contributed by atoms with E-state index in [0.717, 1.165) is 5.01 Å². The molecule has 0 radical (unpaired) electrons. The predicted molar refractivity (Wildman–Crippen MR) is 36.7 cm³/mol. The molecule has 0 aliphatic rings. The summed E-state index contributed by atoms with van der Waals surface area (Å²) in [6, 6.07) is 0. The Hall–Kier alpha value is -0.840. The lowest BCUT2D eigenvalue weighted by molar-refractivity contribution is -0.116. The summed E-state index contributed by atoms with van der Waals surface area (Å²) in [4.78, 5) is 10.5. The lowest BCUT2D eigenvalue weighted by Gasteiger charge is -1.86. The van der Waals surface area contributed by atoms with Crippen LogP contribution in [0.25, 0.3) is 0 Å². The van der Waals surface area contributed by atoms with Crippen LogP contribution in [0.1, 0.15) is 18.4 Å². The number of nitrogens with zero attached hydrogens (tertiary/aromatic N) is 3. The highest BCUT2D eigenvalue weighted by Crippen LogP contribution is 2.01. The maximum atomic E-state index is 10.5. The summed E-state index contributed by atoms with van der Waals surface area (Å²) >= 11 is 1.24. The molecule has 0 unspecified atom stereocenters. The van der Waals surface area contributed by atoms with Gasteiger partial charge in [0.25, 0.3) is 0 Å². The van der Waals surface area contributed by atoms with Gasteiger partial charge in [-0.1, -0.05) is 4.49 Å². The molecule has 0 aliphatic carbocycles. The second-order valence-electron chi connectivity index (χ2n) is 1.96. The fourth-order valence-corrected chi connectivity index (χ4v) is 0.964. The number of Topliss-reactive ketones (excluding diaryl/α,β-unsaturated/α-hetero) is 1. The molecule has 0 saturated heterocycles. The number of carbonyl (C=O) groups excluding carboxylic acids is 1. The standard InChI is InChI=1S/C5H7N3OS/c1-4(9)2-3-5-6-7-8-10-5/h2-3H2,1H3. The van der Waals surface area contributed by atoms with E-state index in [1.807, 2.05) is 0 Å². The fraction of sp³-hybridized carbons (Fsp3) is 0.600. The van der Waals surface area contributed by atoms with Crippen LogP contribution in [0.15, 0.2) is 0 Å². The SMILES string of the molecule is CC(=O)CCc1nnns1. The monoisotopic (exact) mass is 157 g/mol. The van der Waals surface area contributed by atoms with Crippen molar-refractivity contribution < 1.29 is 4.79 Å². The van der Waals surface area contributed by atoms with Crippen molar-refractivity contribution in [2.45, 2.75) is 19.8 Å². The van der Waals surface area contributed by atoms with Gasteiger partial charge in [0.2, 0.25) is 0 Å². The van der Waals surface area contributed by atoms with Crippen LogP contribution < -0.4 is 0 Å². The Morgan fingerprint density at radius 3 is 3.00 bits per heavy atom. The summed E-state index contributed by atoms with van der Waals surface area (Å²) in [7, 11) is 0. The molecule has 0 aromatic carbocycles. The highest BCUT2D eigenvalue weighted by Gasteiger charge is 1.99. The lowest BCUT2D eigenvalue weighted by atomic mass is 10.2. The van der Waals surface area contributed by atoms with E-state index in [9.17, 15) is 4.79 Å². The molecule has 0 atom stereocenters. The van der Waals surface area contributed by atoms with E-state index in [-0.39, 0.29) is 5.78 Å². The zero-order valence-corrected chi connectivity index (χ0v) is 6.39. The second kappa shape index (κ2) is 3.36. The van der Waals surface area contributed by atoms with Crippen molar-refractivity contribution in [1.82, 2.24) is 14.8 Å². The summed E-state index contributed by atoms with van der Waals surface area (Å²) in [5, 5.41) is 7.93. The molecule has 0 N–H and O–H groups in total. The van der Waals surface area contributed by atoms with E-state index < -0.39 is 0 Å². The highest BCUT2D eigenvalue weighted by atomic mass is 32.1. The third kappa shape index (κ3) is 2.18. The van der Waals surface area contributed by atoms with Gasteiger partial charge in [-0.2, -0.15) is 0 Å². The van der Waals surface area contributed by atoms with Crippen LogP contribution in [-0.2, 0) is 11.2 Å². The average Bonchev–Trinajstić information content (AvgIpc) is 2.34. The summed E-state index contributed by atoms with van der Waals surface area (Å²) in [6.07, 6.45) is 1.21. The van der Waals surface area contributed by atoms with E-state index in [1.165, 1.54) is 11.5 Å². The molecule has 10 heavy (non-hydrogen) atoms. The number of aromatic nitrogens is 3. The van der Waals surface area contributed by atoms with Gasteiger partial charge in [-0.3, -0.25) is 0 Å². The largest absolute Gasteiger partial charge is 0.300 e. The molecule has 4 nitrogen and oxygen atoms in total. The Morgan fingerprint density at radius 2 is 2.50 bits per heavy atom. The Bertz CT molecular complexity index is 209. The number of ketones is 1. The van der Waals surface area contributed by atoms with Crippen LogP contribution in [0.5, 0.6) is 0 Å². The molecular formula is C5H7N3OS.